The summed E-state index contributed by atoms with van der Waals surface area (Å²) < 4.78 is 8.18. The second kappa shape index (κ2) is 5.98. The standard InChI is InChI=1S/C15H15BrClN5O/c1-7-4-9(11(16)8(2)12(7)23-3)6-22-14-10(5-19-22)13(17)20-15(18)21-14/h4-5H,6H2,1-3H3,(H2,18,20,21). The van der Waals surface area contributed by atoms with Gasteiger partial charge in [0, 0.05) is 10.0 Å². The lowest BCUT2D eigenvalue weighted by atomic mass is 10.1. The van der Waals surface area contributed by atoms with Crippen LogP contribution in [0.1, 0.15) is 16.7 Å². The first-order valence-electron chi connectivity index (χ1n) is 6.89. The van der Waals surface area contributed by atoms with Crippen LogP contribution >= 0.6 is 27.5 Å². The van der Waals surface area contributed by atoms with E-state index in [1.54, 1.807) is 18.0 Å². The molecule has 3 rings (SSSR count). The zero-order valence-electron chi connectivity index (χ0n) is 12.9. The highest BCUT2D eigenvalue weighted by Crippen LogP contribution is 2.33. The van der Waals surface area contributed by atoms with Crippen molar-refractivity contribution in [1.82, 2.24) is 19.7 Å². The summed E-state index contributed by atoms with van der Waals surface area (Å²) >= 11 is 9.73. The molecule has 8 heteroatoms. The van der Waals surface area contributed by atoms with E-state index in [2.05, 4.69) is 37.1 Å². The first-order valence-corrected chi connectivity index (χ1v) is 8.06. The summed E-state index contributed by atoms with van der Waals surface area (Å²) in [7, 11) is 1.67. The van der Waals surface area contributed by atoms with Crippen LogP contribution < -0.4 is 10.5 Å². The van der Waals surface area contributed by atoms with Crippen molar-refractivity contribution in [1.29, 1.82) is 0 Å². The van der Waals surface area contributed by atoms with E-state index in [0.717, 1.165) is 26.9 Å². The molecule has 0 bridgehead atoms. The summed E-state index contributed by atoms with van der Waals surface area (Å²) in [4.78, 5) is 8.19. The smallest absolute Gasteiger partial charge is 0.223 e. The number of fused-ring (bicyclic) bond motifs is 1. The predicted octanol–water partition coefficient (Wildman–Crippen LogP) is 3.50. The van der Waals surface area contributed by atoms with Crippen LogP contribution in [0.5, 0.6) is 5.75 Å². The molecule has 3 aromatic rings. The average Bonchev–Trinajstić information content (AvgIpc) is 2.88. The van der Waals surface area contributed by atoms with Gasteiger partial charge in [-0.2, -0.15) is 10.1 Å². The molecule has 0 aliphatic rings. The molecule has 0 atom stereocenters. The monoisotopic (exact) mass is 395 g/mol. The number of nitrogens with two attached hydrogens (primary N) is 1. The third kappa shape index (κ3) is 2.74. The molecule has 2 heterocycles. The number of aryl methyl sites for hydroxylation is 1. The summed E-state index contributed by atoms with van der Waals surface area (Å²) in [5, 5.41) is 5.34. The largest absolute Gasteiger partial charge is 0.496 e. The summed E-state index contributed by atoms with van der Waals surface area (Å²) in [5.74, 6) is 1.01. The van der Waals surface area contributed by atoms with Gasteiger partial charge >= 0.3 is 0 Å². The Hall–Kier alpha value is -1.86. The second-order valence-electron chi connectivity index (χ2n) is 5.24. The van der Waals surface area contributed by atoms with Crippen LogP contribution in [0.15, 0.2) is 16.7 Å². The van der Waals surface area contributed by atoms with Crippen molar-refractivity contribution in [3.05, 3.63) is 38.6 Å². The molecule has 1 aromatic carbocycles. The molecule has 2 N–H and O–H groups in total. The maximum Gasteiger partial charge on any atom is 0.223 e. The zero-order chi connectivity index (χ0) is 16.7. The van der Waals surface area contributed by atoms with E-state index >= 15 is 0 Å². The minimum absolute atomic E-state index is 0.130. The Labute approximate surface area is 146 Å². The Morgan fingerprint density at radius 2 is 2.09 bits per heavy atom. The molecule has 0 saturated heterocycles. The Morgan fingerprint density at radius 3 is 2.78 bits per heavy atom. The number of nitrogen functional groups attached to an aromatic ring is 1. The molecule has 0 radical (unpaired) electrons. The fourth-order valence-corrected chi connectivity index (χ4v) is 3.31. The molecule has 120 valence electrons. The zero-order valence-corrected chi connectivity index (χ0v) is 15.2. The van der Waals surface area contributed by atoms with Crippen molar-refractivity contribution in [3.63, 3.8) is 0 Å². The van der Waals surface area contributed by atoms with Crippen molar-refractivity contribution in [2.45, 2.75) is 20.4 Å². The molecule has 0 unspecified atom stereocenters. The van der Waals surface area contributed by atoms with Gasteiger partial charge in [-0.3, -0.25) is 0 Å². The van der Waals surface area contributed by atoms with Gasteiger partial charge in [-0.25, -0.2) is 9.67 Å². The predicted molar refractivity (Wildman–Crippen MR) is 94.0 cm³/mol. The number of ether oxygens (including phenoxy) is 1. The molecule has 23 heavy (non-hydrogen) atoms. The van der Waals surface area contributed by atoms with Gasteiger partial charge in [0.2, 0.25) is 5.95 Å². The SMILES string of the molecule is COc1c(C)cc(Cn2ncc3c(Cl)nc(N)nc32)c(Br)c1C. The van der Waals surface area contributed by atoms with Crippen molar-refractivity contribution in [2.24, 2.45) is 0 Å². The Bertz CT molecular complexity index is 909. The lowest BCUT2D eigenvalue weighted by Gasteiger charge is -2.15. The summed E-state index contributed by atoms with van der Waals surface area (Å²) in [6, 6.07) is 2.07. The van der Waals surface area contributed by atoms with E-state index in [1.165, 1.54) is 0 Å². The Morgan fingerprint density at radius 1 is 1.35 bits per heavy atom. The van der Waals surface area contributed by atoms with Crippen molar-refractivity contribution >= 4 is 44.5 Å². The number of nitrogens with zero attached hydrogens (tertiary/aromatic N) is 4. The van der Waals surface area contributed by atoms with Crippen LogP contribution in [-0.2, 0) is 6.54 Å². The van der Waals surface area contributed by atoms with Crippen molar-refractivity contribution in [3.8, 4) is 5.75 Å². The van der Waals surface area contributed by atoms with E-state index in [4.69, 9.17) is 22.1 Å². The highest BCUT2D eigenvalue weighted by molar-refractivity contribution is 9.10. The molecule has 2 aromatic heterocycles. The minimum atomic E-state index is 0.130. The first-order chi connectivity index (χ1) is 10.9. The summed E-state index contributed by atoms with van der Waals surface area (Å²) in [6.07, 6.45) is 1.65. The number of halogens is 2. The van der Waals surface area contributed by atoms with Gasteiger partial charge in [0.25, 0.3) is 0 Å². The number of aromatic nitrogens is 4. The topological polar surface area (TPSA) is 78.8 Å². The molecule has 0 fully saturated rings. The van der Waals surface area contributed by atoms with E-state index < -0.39 is 0 Å². The highest BCUT2D eigenvalue weighted by atomic mass is 79.9. The fourth-order valence-electron chi connectivity index (χ4n) is 2.67. The van der Waals surface area contributed by atoms with E-state index in [1.807, 2.05) is 13.8 Å². The number of benzene rings is 1. The quantitative estimate of drug-likeness (QED) is 0.686. The highest BCUT2D eigenvalue weighted by Gasteiger charge is 2.15. The summed E-state index contributed by atoms with van der Waals surface area (Å²) in [6.45, 7) is 4.56. The molecule has 0 saturated carbocycles. The van der Waals surface area contributed by atoms with Crippen molar-refractivity contribution in [2.75, 3.05) is 12.8 Å². The van der Waals surface area contributed by atoms with Crippen molar-refractivity contribution < 1.29 is 4.74 Å². The first kappa shape index (κ1) is 16.0. The number of rotatable bonds is 3. The van der Waals surface area contributed by atoms with Crippen LogP contribution in [0.4, 0.5) is 5.95 Å². The molecule has 0 aliphatic heterocycles. The lowest BCUT2D eigenvalue weighted by molar-refractivity contribution is 0.408. The van der Waals surface area contributed by atoms with Gasteiger partial charge in [-0.05, 0) is 31.0 Å². The molecule has 6 nitrogen and oxygen atoms in total. The average molecular weight is 397 g/mol. The molecular formula is C15H15BrClN5O. The third-order valence-corrected chi connectivity index (χ3v) is 5.08. The van der Waals surface area contributed by atoms with E-state index in [9.17, 15) is 0 Å². The van der Waals surface area contributed by atoms with Gasteiger partial charge in [0.05, 0.1) is 25.2 Å². The number of anilines is 1. The number of hydrogen-bond acceptors (Lipinski definition) is 5. The van der Waals surface area contributed by atoms with Crippen LogP contribution in [0.2, 0.25) is 5.15 Å². The van der Waals surface area contributed by atoms with Crippen LogP contribution in [-0.4, -0.2) is 26.9 Å². The fraction of sp³-hybridized carbons (Fsp3) is 0.267. The van der Waals surface area contributed by atoms with Gasteiger partial charge in [0.1, 0.15) is 10.9 Å². The lowest BCUT2D eigenvalue weighted by Crippen LogP contribution is -2.06. The number of hydrogen-bond donors (Lipinski definition) is 1. The summed E-state index contributed by atoms with van der Waals surface area (Å²) in [5.41, 5.74) is 9.48. The minimum Gasteiger partial charge on any atom is -0.496 e. The van der Waals surface area contributed by atoms with E-state index in [-0.39, 0.29) is 5.95 Å². The van der Waals surface area contributed by atoms with Gasteiger partial charge in [-0.15, -0.1) is 0 Å². The van der Waals surface area contributed by atoms with Gasteiger partial charge < -0.3 is 10.5 Å². The van der Waals surface area contributed by atoms with Crippen LogP contribution in [0.3, 0.4) is 0 Å². The molecule has 0 spiro atoms. The molecular weight excluding hydrogens is 382 g/mol. The third-order valence-electron chi connectivity index (χ3n) is 3.69. The Kier molecular flexibility index (Phi) is 4.16. The van der Waals surface area contributed by atoms with Crippen LogP contribution in [0, 0.1) is 13.8 Å². The Balaban J connectivity index is 2.10. The maximum absolute atomic E-state index is 6.09. The molecule has 0 amide bonds. The van der Waals surface area contributed by atoms with Crippen LogP contribution in [0.25, 0.3) is 11.0 Å². The van der Waals surface area contributed by atoms with Gasteiger partial charge in [-0.1, -0.05) is 27.5 Å². The maximum atomic E-state index is 6.09. The van der Waals surface area contributed by atoms with E-state index in [0.29, 0.717) is 22.7 Å². The number of methoxy groups -OCH3 is 1. The molecule has 0 aliphatic carbocycles. The normalized spacial score (nSPS) is 11.2. The van der Waals surface area contributed by atoms with Gasteiger partial charge in [0.15, 0.2) is 5.65 Å². The second-order valence-corrected chi connectivity index (χ2v) is 6.39.